The second-order valence-corrected chi connectivity index (χ2v) is 7.79. The molecule has 4 rings (SSSR count). The maximum Gasteiger partial charge on any atom is 0.261 e. The van der Waals surface area contributed by atoms with Crippen molar-refractivity contribution in [1.82, 2.24) is 15.0 Å². The number of rotatable bonds is 7. The van der Waals surface area contributed by atoms with Crippen LogP contribution in [0, 0.1) is 6.92 Å². The molecule has 1 heterocycles. The van der Waals surface area contributed by atoms with Gasteiger partial charge in [0.15, 0.2) is 6.61 Å². The van der Waals surface area contributed by atoms with Crippen LogP contribution < -0.4 is 4.74 Å². The highest BCUT2D eigenvalue weighted by molar-refractivity contribution is 5.78. The smallest absolute Gasteiger partial charge is 0.261 e. The Kier molecular flexibility index (Phi) is 6.42. The van der Waals surface area contributed by atoms with E-state index >= 15 is 0 Å². The summed E-state index contributed by atoms with van der Waals surface area (Å²) in [4.78, 5) is 19.4. The molecule has 1 amide bonds. The van der Waals surface area contributed by atoms with Gasteiger partial charge in [0.25, 0.3) is 5.91 Å². The molecule has 0 aliphatic heterocycles. The molecule has 1 aliphatic carbocycles. The second kappa shape index (κ2) is 9.57. The van der Waals surface area contributed by atoms with Crippen molar-refractivity contribution in [1.29, 1.82) is 0 Å². The molecule has 0 saturated heterocycles. The standard InChI is InChI=1S/C24H27N3O3/c1-18-12-14-19(15-13-18)24-25-22(30-26-24)16-27(20-8-4-2-5-9-20)23(28)17-29-21-10-6-3-7-11-21/h3,6-7,10-15,20H,2,4-5,8-9,16-17H2,1H3. The average molecular weight is 405 g/mol. The lowest BCUT2D eigenvalue weighted by Gasteiger charge is -2.33. The van der Waals surface area contributed by atoms with Crippen LogP contribution in [0.5, 0.6) is 5.75 Å². The summed E-state index contributed by atoms with van der Waals surface area (Å²) in [5.74, 6) is 1.63. The third-order valence-electron chi connectivity index (χ3n) is 5.52. The summed E-state index contributed by atoms with van der Waals surface area (Å²) in [5.41, 5.74) is 2.08. The van der Waals surface area contributed by atoms with Crippen molar-refractivity contribution in [2.75, 3.05) is 6.61 Å². The number of hydrogen-bond donors (Lipinski definition) is 0. The predicted molar refractivity (Wildman–Crippen MR) is 114 cm³/mol. The molecule has 0 unspecified atom stereocenters. The summed E-state index contributed by atoms with van der Waals surface area (Å²) >= 11 is 0. The van der Waals surface area contributed by atoms with Crippen LogP contribution >= 0.6 is 0 Å². The summed E-state index contributed by atoms with van der Waals surface area (Å²) in [6.07, 6.45) is 5.47. The Labute approximate surface area is 176 Å². The Balaban J connectivity index is 1.47. The van der Waals surface area contributed by atoms with Crippen LogP contribution in [0.1, 0.15) is 43.6 Å². The fourth-order valence-electron chi connectivity index (χ4n) is 3.84. The van der Waals surface area contributed by atoms with Crippen molar-refractivity contribution < 1.29 is 14.1 Å². The van der Waals surface area contributed by atoms with Crippen LogP contribution in [-0.4, -0.2) is 33.6 Å². The quantitative estimate of drug-likeness (QED) is 0.566. The van der Waals surface area contributed by atoms with E-state index in [0.29, 0.717) is 24.0 Å². The summed E-state index contributed by atoms with van der Waals surface area (Å²) in [6.45, 7) is 2.34. The molecule has 0 atom stereocenters. The third-order valence-corrected chi connectivity index (χ3v) is 5.52. The first-order chi connectivity index (χ1) is 14.7. The zero-order valence-electron chi connectivity index (χ0n) is 17.3. The Hall–Kier alpha value is -3.15. The molecule has 1 saturated carbocycles. The van der Waals surface area contributed by atoms with E-state index in [4.69, 9.17) is 9.26 Å². The molecule has 0 bridgehead atoms. The lowest BCUT2D eigenvalue weighted by molar-refractivity contribution is -0.137. The van der Waals surface area contributed by atoms with Crippen LogP contribution in [0.2, 0.25) is 0 Å². The van der Waals surface area contributed by atoms with E-state index in [1.165, 1.54) is 12.0 Å². The Morgan fingerprint density at radius 2 is 1.80 bits per heavy atom. The molecule has 6 heteroatoms. The van der Waals surface area contributed by atoms with Gasteiger partial charge in [-0.05, 0) is 31.9 Å². The van der Waals surface area contributed by atoms with Crippen molar-refractivity contribution in [3.8, 4) is 17.1 Å². The molecule has 0 radical (unpaired) electrons. The summed E-state index contributed by atoms with van der Waals surface area (Å²) in [7, 11) is 0. The average Bonchev–Trinajstić information content (AvgIpc) is 3.26. The van der Waals surface area contributed by atoms with E-state index in [9.17, 15) is 4.79 Å². The number of benzene rings is 2. The van der Waals surface area contributed by atoms with Crippen molar-refractivity contribution >= 4 is 5.91 Å². The van der Waals surface area contributed by atoms with Gasteiger partial charge in [0.2, 0.25) is 11.7 Å². The fraction of sp³-hybridized carbons (Fsp3) is 0.375. The van der Waals surface area contributed by atoms with Crippen LogP contribution in [0.15, 0.2) is 59.1 Å². The molecule has 30 heavy (non-hydrogen) atoms. The Morgan fingerprint density at radius 3 is 2.53 bits per heavy atom. The molecule has 0 spiro atoms. The number of para-hydroxylation sites is 1. The van der Waals surface area contributed by atoms with Gasteiger partial charge in [0, 0.05) is 11.6 Å². The number of nitrogens with zero attached hydrogens (tertiary/aromatic N) is 3. The van der Waals surface area contributed by atoms with Crippen molar-refractivity contribution in [3.05, 3.63) is 66.1 Å². The monoisotopic (exact) mass is 405 g/mol. The molecule has 1 fully saturated rings. The van der Waals surface area contributed by atoms with Gasteiger partial charge in [-0.1, -0.05) is 72.4 Å². The van der Waals surface area contributed by atoms with Gasteiger partial charge in [0.05, 0.1) is 0 Å². The minimum Gasteiger partial charge on any atom is -0.484 e. The van der Waals surface area contributed by atoms with Gasteiger partial charge < -0.3 is 14.2 Å². The highest BCUT2D eigenvalue weighted by atomic mass is 16.5. The van der Waals surface area contributed by atoms with E-state index < -0.39 is 0 Å². The first-order valence-electron chi connectivity index (χ1n) is 10.6. The van der Waals surface area contributed by atoms with Crippen molar-refractivity contribution in [2.45, 2.75) is 51.6 Å². The molecule has 6 nitrogen and oxygen atoms in total. The Bertz CT molecular complexity index is 947. The number of amides is 1. The molecule has 1 aromatic heterocycles. The zero-order chi connectivity index (χ0) is 20.8. The van der Waals surface area contributed by atoms with Crippen LogP contribution in [0.4, 0.5) is 0 Å². The van der Waals surface area contributed by atoms with Gasteiger partial charge in [0.1, 0.15) is 12.3 Å². The molecular formula is C24H27N3O3. The summed E-state index contributed by atoms with van der Waals surface area (Å²) in [6, 6.07) is 17.6. The highest BCUT2D eigenvalue weighted by Crippen LogP contribution is 2.25. The van der Waals surface area contributed by atoms with E-state index in [1.807, 2.05) is 66.4 Å². The van der Waals surface area contributed by atoms with E-state index in [2.05, 4.69) is 10.1 Å². The minimum atomic E-state index is -0.0548. The number of ether oxygens (including phenoxy) is 1. The summed E-state index contributed by atoms with van der Waals surface area (Å²) in [5, 5.41) is 4.11. The van der Waals surface area contributed by atoms with Gasteiger partial charge >= 0.3 is 0 Å². The molecule has 1 aliphatic rings. The van der Waals surface area contributed by atoms with Crippen molar-refractivity contribution in [2.24, 2.45) is 0 Å². The third kappa shape index (κ3) is 5.06. The molecular weight excluding hydrogens is 378 g/mol. The van der Waals surface area contributed by atoms with Crippen LogP contribution in [0.3, 0.4) is 0 Å². The number of carbonyl (C=O) groups excluding carboxylic acids is 1. The molecule has 0 N–H and O–H groups in total. The lowest BCUT2D eigenvalue weighted by atomic mass is 9.94. The highest BCUT2D eigenvalue weighted by Gasteiger charge is 2.27. The first-order valence-corrected chi connectivity index (χ1v) is 10.6. The topological polar surface area (TPSA) is 68.5 Å². The second-order valence-electron chi connectivity index (χ2n) is 7.79. The Morgan fingerprint density at radius 1 is 1.07 bits per heavy atom. The SMILES string of the molecule is Cc1ccc(-c2noc(CN(C(=O)COc3ccccc3)C3CCCCC3)n2)cc1. The largest absolute Gasteiger partial charge is 0.484 e. The zero-order valence-corrected chi connectivity index (χ0v) is 17.3. The lowest BCUT2D eigenvalue weighted by Crippen LogP contribution is -2.43. The van der Waals surface area contributed by atoms with Gasteiger partial charge in [-0.25, -0.2) is 0 Å². The summed E-state index contributed by atoms with van der Waals surface area (Å²) < 4.78 is 11.2. The minimum absolute atomic E-state index is 0.000526. The number of hydrogen-bond acceptors (Lipinski definition) is 5. The first kappa shape index (κ1) is 20.1. The van der Waals surface area contributed by atoms with Crippen LogP contribution in [-0.2, 0) is 11.3 Å². The van der Waals surface area contributed by atoms with Gasteiger partial charge in [-0.3, -0.25) is 4.79 Å². The predicted octanol–water partition coefficient (Wildman–Crippen LogP) is 4.79. The molecule has 2 aromatic carbocycles. The van der Waals surface area contributed by atoms with E-state index in [0.717, 1.165) is 31.2 Å². The maximum atomic E-state index is 13.0. The molecule has 3 aromatic rings. The van der Waals surface area contributed by atoms with Gasteiger partial charge in [-0.2, -0.15) is 4.98 Å². The van der Waals surface area contributed by atoms with Crippen LogP contribution in [0.25, 0.3) is 11.4 Å². The fourth-order valence-corrected chi connectivity index (χ4v) is 3.84. The van der Waals surface area contributed by atoms with E-state index in [-0.39, 0.29) is 18.6 Å². The number of aromatic nitrogens is 2. The molecule has 156 valence electrons. The number of carbonyl (C=O) groups is 1. The van der Waals surface area contributed by atoms with E-state index in [1.54, 1.807) is 0 Å². The maximum absolute atomic E-state index is 13.0. The normalized spacial score (nSPS) is 14.4. The van der Waals surface area contributed by atoms with Crippen molar-refractivity contribution in [3.63, 3.8) is 0 Å². The number of aryl methyl sites for hydroxylation is 1. The van der Waals surface area contributed by atoms with Gasteiger partial charge in [-0.15, -0.1) is 0 Å².